The van der Waals surface area contributed by atoms with Crippen molar-refractivity contribution in [3.63, 3.8) is 0 Å². The number of benzene rings is 1. The van der Waals surface area contributed by atoms with Gasteiger partial charge in [-0.2, -0.15) is 4.31 Å². The van der Waals surface area contributed by atoms with Crippen LogP contribution in [-0.2, 0) is 10.0 Å². The number of rotatable bonds is 2. The molecule has 1 aliphatic heterocycles. The van der Waals surface area contributed by atoms with Crippen LogP contribution in [0.1, 0.15) is 32.1 Å². The van der Waals surface area contributed by atoms with E-state index in [4.69, 9.17) is 0 Å². The minimum Gasteiger partial charge on any atom is -0.393 e. The van der Waals surface area contributed by atoms with Gasteiger partial charge in [0.2, 0.25) is 10.0 Å². The monoisotopic (exact) mass is 295 g/mol. The van der Waals surface area contributed by atoms with E-state index >= 15 is 0 Å². The SMILES string of the molecule is O=S(=O)(c1ccccc1)N1CC[C@@H](O)[C@@H]2CCCC[C@@H]21. The molecule has 0 spiro atoms. The van der Waals surface area contributed by atoms with Gasteiger partial charge in [0.25, 0.3) is 0 Å². The molecule has 1 heterocycles. The van der Waals surface area contributed by atoms with Crippen LogP contribution in [0.4, 0.5) is 0 Å². The van der Waals surface area contributed by atoms with Crippen molar-refractivity contribution in [1.82, 2.24) is 4.31 Å². The fourth-order valence-corrected chi connectivity index (χ4v) is 5.35. The molecule has 0 aromatic heterocycles. The van der Waals surface area contributed by atoms with E-state index in [2.05, 4.69) is 0 Å². The van der Waals surface area contributed by atoms with Crippen molar-refractivity contribution < 1.29 is 13.5 Å². The van der Waals surface area contributed by atoms with Gasteiger partial charge in [0, 0.05) is 18.5 Å². The van der Waals surface area contributed by atoms with Crippen molar-refractivity contribution in [2.75, 3.05) is 6.54 Å². The number of piperidine rings is 1. The topological polar surface area (TPSA) is 57.6 Å². The number of nitrogens with zero attached hydrogens (tertiary/aromatic N) is 1. The van der Waals surface area contributed by atoms with Crippen LogP contribution < -0.4 is 0 Å². The van der Waals surface area contributed by atoms with Crippen molar-refractivity contribution in [1.29, 1.82) is 0 Å². The summed E-state index contributed by atoms with van der Waals surface area (Å²) >= 11 is 0. The average Bonchev–Trinajstić information content (AvgIpc) is 2.48. The average molecular weight is 295 g/mol. The molecule has 1 saturated carbocycles. The molecule has 1 saturated heterocycles. The molecular formula is C15H21NO3S. The van der Waals surface area contributed by atoms with Crippen LogP contribution in [0.5, 0.6) is 0 Å². The second-order valence-corrected chi connectivity index (χ2v) is 7.69. The van der Waals surface area contributed by atoms with Gasteiger partial charge in [0.15, 0.2) is 0 Å². The predicted molar refractivity (Wildman–Crippen MR) is 76.7 cm³/mol. The third kappa shape index (κ3) is 2.38. The molecule has 2 fully saturated rings. The van der Waals surface area contributed by atoms with Gasteiger partial charge >= 0.3 is 0 Å². The van der Waals surface area contributed by atoms with Crippen molar-refractivity contribution in [2.24, 2.45) is 5.92 Å². The molecule has 0 amide bonds. The first-order valence-corrected chi connectivity index (χ1v) is 8.79. The van der Waals surface area contributed by atoms with Crippen LogP contribution in [0.2, 0.25) is 0 Å². The second kappa shape index (κ2) is 5.47. The fraction of sp³-hybridized carbons (Fsp3) is 0.600. The first-order chi connectivity index (χ1) is 9.60. The Morgan fingerprint density at radius 3 is 2.50 bits per heavy atom. The highest BCUT2D eigenvalue weighted by molar-refractivity contribution is 7.89. The highest BCUT2D eigenvalue weighted by atomic mass is 32.2. The maximum atomic E-state index is 12.8. The lowest BCUT2D eigenvalue weighted by atomic mass is 9.78. The zero-order chi connectivity index (χ0) is 14.2. The minimum absolute atomic E-state index is 0.0299. The molecule has 1 aromatic carbocycles. The summed E-state index contributed by atoms with van der Waals surface area (Å²) in [4.78, 5) is 0.362. The Morgan fingerprint density at radius 1 is 1.05 bits per heavy atom. The smallest absolute Gasteiger partial charge is 0.243 e. The molecule has 0 bridgehead atoms. The Morgan fingerprint density at radius 2 is 1.75 bits per heavy atom. The Hall–Kier alpha value is -0.910. The van der Waals surface area contributed by atoms with Crippen LogP contribution in [0, 0.1) is 5.92 Å². The summed E-state index contributed by atoms with van der Waals surface area (Å²) in [6, 6.07) is 8.60. The summed E-state index contributed by atoms with van der Waals surface area (Å²) in [5, 5.41) is 10.1. The lowest BCUT2D eigenvalue weighted by Crippen LogP contribution is -2.54. The van der Waals surface area contributed by atoms with Crippen molar-refractivity contribution in [3.8, 4) is 0 Å². The van der Waals surface area contributed by atoms with Crippen LogP contribution in [0.25, 0.3) is 0 Å². The Kier molecular flexibility index (Phi) is 3.84. The Balaban J connectivity index is 1.93. The van der Waals surface area contributed by atoms with Crippen LogP contribution in [-0.4, -0.2) is 36.5 Å². The lowest BCUT2D eigenvalue weighted by Gasteiger charge is -2.45. The summed E-state index contributed by atoms with van der Waals surface area (Å²) in [6.45, 7) is 0.430. The summed E-state index contributed by atoms with van der Waals surface area (Å²) in [5.74, 6) is 0.107. The quantitative estimate of drug-likeness (QED) is 0.908. The van der Waals surface area contributed by atoms with Crippen molar-refractivity contribution >= 4 is 10.0 Å². The van der Waals surface area contributed by atoms with Crippen LogP contribution >= 0.6 is 0 Å². The van der Waals surface area contributed by atoms with Gasteiger partial charge in [-0.25, -0.2) is 8.42 Å². The number of sulfonamides is 1. The van der Waals surface area contributed by atoms with E-state index in [-0.39, 0.29) is 18.1 Å². The zero-order valence-electron chi connectivity index (χ0n) is 11.5. The van der Waals surface area contributed by atoms with E-state index in [1.54, 1.807) is 28.6 Å². The van der Waals surface area contributed by atoms with Gasteiger partial charge in [-0.05, 0) is 31.4 Å². The molecule has 5 heteroatoms. The highest BCUT2D eigenvalue weighted by Crippen LogP contribution is 2.38. The summed E-state index contributed by atoms with van der Waals surface area (Å²) in [6.07, 6.45) is 4.15. The van der Waals surface area contributed by atoms with E-state index in [9.17, 15) is 13.5 Å². The summed E-state index contributed by atoms with van der Waals surface area (Å²) in [7, 11) is -3.43. The number of hydrogen-bond donors (Lipinski definition) is 1. The highest BCUT2D eigenvalue weighted by Gasteiger charge is 2.43. The van der Waals surface area contributed by atoms with Crippen LogP contribution in [0.3, 0.4) is 0 Å². The predicted octanol–water partition coefficient (Wildman–Crippen LogP) is 2.00. The first kappa shape index (κ1) is 14.0. The zero-order valence-corrected chi connectivity index (χ0v) is 12.3. The molecule has 1 aromatic rings. The summed E-state index contributed by atoms with van der Waals surface area (Å²) in [5.41, 5.74) is 0. The molecule has 0 unspecified atom stereocenters. The molecule has 1 aliphatic carbocycles. The molecule has 0 radical (unpaired) electrons. The molecule has 20 heavy (non-hydrogen) atoms. The van der Waals surface area contributed by atoms with Crippen molar-refractivity contribution in [2.45, 2.75) is 49.1 Å². The molecular weight excluding hydrogens is 274 g/mol. The molecule has 4 nitrogen and oxygen atoms in total. The van der Waals surface area contributed by atoms with E-state index < -0.39 is 10.0 Å². The third-order valence-corrected chi connectivity index (χ3v) is 6.58. The number of aliphatic hydroxyl groups is 1. The molecule has 3 atom stereocenters. The van der Waals surface area contributed by atoms with E-state index in [0.29, 0.717) is 17.9 Å². The van der Waals surface area contributed by atoms with E-state index in [1.807, 2.05) is 6.07 Å². The van der Waals surface area contributed by atoms with Crippen LogP contribution in [0.15, 0.2) is 35.2 Å². The normalized spacial score (nSPS) is 31.8. The van der Waals surface area contributed by atoms with Gasteiger partial charge < -0.3 is 5.11 Å². The number of hydrogen-bond acceptors (Lipinski definition) is 3. The lowest BCUT2D eigenvalue weighted by molar-refractivity contribution is -0.00299. The minimum atomic E-state index is -3.43. The van der Waals surface area contributed by atoms with Gasteiger partial charge in [-0.15, -0.1) is 0 Å². The van der Waals surface area contributed by atoms with Gasteiger partial charge in [0.05, 0.1) is 11.0 Å². The maximum absolute atomic E-state index is 12.8. The second-order valence-electron chi connectivity index (χ2n) is 5.80. The standard InChI is InChI=1S/C15H21NO3S/c17-15-10-11-16(14-9-5-4-8-13(14)15)20(18,19)12-6-2-1-3-7-12/h1-3,6-7,13-15,17H,4-5,8-11H2/t13-,14+,15-/m1/s1. The largest absolute Gasteiger partial charge is 0.393 e. The third-order valence-electron chi connectivity index (χ3n) is 4.64. The molecule has 110 valence electrons. The number of fused-ring (bicyclic) bond motifs is 1. The molecule has 1 N–H and O–H groups in total. The Labute approximate surface area is 120 Å². The number of aliphatic hydroxyl groups excluding tert-OH is 1. The first-order valence-electron chi connectivity index (χ1n) is 7.35. The van der Waals surface area contributed by atoms with Crippen molar-refractivity contribution in [3.05, 3.63) is 30.3 Å². The van der Waals surface area contributed by atoms with E-state index in [1.165, 1.54) is 0 Å². The van der Waals surface area contributed by atoms with Gasteiger partial charge in [-0.1, -0.05) is 31.0 Å². The summed E-state index contributed by atoms with van der Waals surface area (Å²) < 4.78 is 27.2. The fourth-order valence-electron chi connectivity index (χ4n) is 3.61. The van der Waals surface area contributed by atoms with E-state index in [0.717, 1.165) is 25.7 Å². The Bertz CT molecular complexity index is 558. The van der Waals surface area contributed by atoms with Gasteiger partial charge in [-0.3, -0.25) is 0 Å². The molecule has 3 rings (SSSR count). The van der Waals surface area contributed by atoms with Gasteiger partial charge in [0.1, 0.15) is 0 Å². The maximum Gasteiger partial charge on any atom is 0.243 e. The molecule has 2 aliphatic rings.